The van der Waals surface area contributed by atoms with Gasteiger partial charge in [-0.2, -0.15) is 4.68 Å². The first-order chi connectivity index (χ1) is 15.8. The SMILES string of the molecule is O=C(Nc1ccc2ncccc2c1)c1ccccc1SCc1nnnn1-c1ccccc1. The number of aromatic nitrogens is 5. The Kier molecular flexibility index (Phi) is 5.59. The molecular weight excluding hydrogens is 420 g/mol. The number of para-hydroxylation sites is 1. The van der Waals surface area contributed by atoms with E-state index in [1.165, 1.54) is 11.8 Å². The fourth-order valence-electron chi connectivity index (χ4n) is 3.34. The number of amides is 1. The number of hydrogen-bond acceptors (Lipinski definition) is 6. The molecule has 3 aromatic carbocycles. The monoisotopic (exact) mass is 438 g/mol. The summed E-state index contributed by atoms with van der Waals surface area (Å²) in [5, 5.41) is 16.0. The van der Waals surface area contributed by atoms with Gasteiger partial charge in [-0.1, -0.05) is 36.4 Å². The highest BCUT2D eigenvalue weighted by Crippen LogP contribution is 2.27. The first-order valence-electron chi connectivity index (χ1n) is 9.98. The number of anilines is 1. The van der Waals surface area contributed by atoms with Gasteiger partial charge in [0.25, 0.3) is 5.91 Å². The van der Waals surface area contributed by atoms with Gasteiger partial charge < -0.3 is 5.32 Å². The number of tetrazole rings is 1. The fourth-order valence-corrected chi connectivity index (χ4v) is 4.30. The lowest BCUT2D eigenvalue weighted by atomic mass is 10.1. The van der Waals surface area contributed by atoms with Gasteiger partial charge in [0.2, 0.25) is 0 Å². The molecule has 32 heavy (non-hydrogen) atoms. The van der Waals surface area contributed by atoms with Crippen LogP contribution in [-0.4, -0.2) is 31.1 Å². The minimum atomic E-state index is -0.168. The van der Waals surface area contributed by atoms with Gasteiger partial charge in [0, 0.05) is 22.2 Å². The van der Waals surface area contributed by atoms with Crippen molar-refractivity contribution in [1.29, 1.82) is 0 Å². The number of rotatable bonds is 6. The predicted octanol–water partition coefficient (Wildman–Crippen LogP) is 4.76. The molecule has 5 aromatic rings. The molecule has 0 unspecified atom stereocenters. The summed E-state index contributed by atoms with van der Waals surface area (Å²) in [5.74, 6) is 1.06. The van der Waals surface area contributed by atoms with Crippen LogP contribution in [0.25, 0.3) is 16.6 Å². The molecule has 0 aliphatic carbocycles. The van der Waals surface area contributed by atoms with E-state index in [0.29, 0.717) is 17.1 Å². The molecule has 8 heteroatoms. The van der Waals surface area contributed by atoms with Crippen molar-refractivity contribution in [2.75, 3.05) is 5.32 Å². The number of pyridine rings is 1. The highest BCUT2D eigenvalue weighted by atomic mass is 32.2. The van der Waals surface area contributed by atoms with E-state index in [4.69, 9.17) is 0 Å². The largest absolute Gasteiger partial charge is 0.322 e. The van der Waals surface area contributed by atoms with Crippen molar-refractivity contribution in [3.63, 3.8) is 0 Å². The maximum Gasteiger partial charge on any atom is 0.256 e. The number of nitrogens with one attached hydrogen (secondary N) is 1. The second-order valence-electron chi connectivity index (χ2n) is 6.99. The summed E-state index contributed by atoms with van der Waals surface area (Å²) in [4.78, 5) is 18.2. The Balaban J connectivity index is 1.34. The van der Waals surface area contributed by atoms with E-state index in [9.17, 15) is 4.79 Å². The Morgan fingerprint density at radius 1 is 0.938 bits per heavy atom. The molecule has 156 valence electrons. The maximum absolute atomic E-state index is 13.0. The molecule has 2 aromatic heterocycles. The van der Waals surface area contributed by atoms with Crippen LogP contribution in [0.15, 0.2) is 96.0 Å². The summed E-state index contributed by atoms with van der Waals surface area (Å²) in [6.07, 6.45) is 1.75. The maximum atomic E-state index is 13.0. The topological polar surface area (TPSA) is 85.6 Å². The normalized spacial score (nSPS) is 10.9. The van der Waals surface area contributed by atoms with E-state index in [1.807, 2.05) is 84.9 Å². The minimum Gasteiger partial charge on any atom is -0.322 e. The van der Waals surface area contributed by atoms with Crippen molar-refractivity contribution >= 4 is 34.3 Å². The van der Waals surface area contributed by atoms with Crippen LogP contribution >= 0.6 is 11.8 Å². The van der Waals surface area contributed by atoms with Crippen molar-refractivity contribution in [2.24, 2.45) is 0 Å². The second-order valence-corrected chi connectivity index (χ2v) is 8.01. The molecular formula is C24H18N6OS. The van der Waals surface area contributed by atoms with Gasteiger partial charge in [-0.15, -0.1) is 16.9 Å². The Bertz CT molecular complexity index is 1390. The smallest absolute Gasteiger partial charge is 0.256 e. The molecule has 0 saturated carbocycles. The van der Waals surface area contributed by atoms with Gasteiger partial charge in [-0.3, -0.25) is 9.78 Å². The zero-order valence-corrected chi connectivity index (χ0v) is 17.7. The zero-order chi connectivity index (χ0) is 21.8. The highest BCUT2D eigenvalue weighted by Gasteiger charge is 2.14. The summed E-state index contributed by atoms with van der Waals surface area (Å²) < 4.78 is 1.71. The third kappa shape index (κ3) is 4.21. The van der Waals surface area contributed by atoms with Gasteiger partial charge in [0.05, 0.1) is 22.5 Å². The van der Waals surface area contributed by atoms with Crippen LogP contribution in [-0.2, 0) is 5.75 Å². The van der Waals surface area contributed by atoms with Crippen molar-refractivity contribution < 1.29 is 4.79 Å². The average Bonchev–Trinajstić information content (AvgIpc) is 3.32. The lowest BCUT2D eigenvalue weighted by Crippen LogP contribution is -2.13. The third-order valence-corrected chi connectivity index (χ3v) is 5.95. The van der Waals surface area contributed by atoms with E-state index in [2.05, 4.69) is 25.8 Å². The van der Waals surface area contributed by atoms with Gasteiger partial charge in [-0.25, -0.2) is 0 Å². The average molecular weight is 439 g/mol. The molecule has 7 nitrogen and oxygen atoms in total. The number of carbonyl (C=O) groups is 1. The zero-order valence-electron chi connectivity index (χ0n) is 16.9. The van der Waals surface area contributed by atoms with Crippen LogP contribution in [0, 0.1) is 0 Å². The van der Waals surface area contributed by atoms with Crippen LogP contribution < -0.4 is 5.32 Å². The van der Waals surface area contributed by atoms with Gasteiger partial charge in [-0.05, 0) is 59.0 Å². The van der Waals surface area contributed by atoms with E-state index in [1.54, 1.807) is 10.9 Å². The standard InChI is InChI=1S/C24H18N6OS/c31-24(26-18-12-13-21-17(15-18)7-6-14-25-21)20-10-4-5-11-22(20)32-16-23-27-28-29-30(23)19-8-2-1-3-9-19/h1-15H,16H2,(H,26,31). The Morgan fingerprint density at radius 3 is 2.69 bits per heavy atom. The van der Waals surface area contributed by atoms with Crippen molar-refractivity contribution in [1.82, 2.24) is 25.2 Å². The summed E-state index contributed by atoms with van der Waals surface area (Å²) >= 11 is 1.52. The number of hydrogen-bond donors (Lipinski definition) is 1. The quantitative estimate of drug-likeness (QED) is 0.385. The van der Waals surface area contributed by atoms with Crippen molar-refractivity contribution in [3.8, 4) is 5.69 Å². The van der Waals surface area contributed by atoms with Crippen LogP contribution in [0.1, 0.15) is 16.2 Å². The predicted molar refractivity (Wildman–Crippen MR) is 125 cm³/mol. The molecule has 0 aliphatic heterocycles. The molecule has 0 aliphatic rings. The number of benzene rings is 3. The lowest BCUT2D eigenvalue weighted by Gasteiger charge is -2.10. The number of fused-ring (bicyclic) bond motifs is 1. The van der Waals surface area contributed by atoms with Crippen LogP contribution in [0.2, 0.25) is 0 Å². The molecule has 5 rings (SSSR count). The molecule has 0 fully saturated rings. The van der Waals surface area contributed by atoms with Crippen molar-refractivity contribution in [3.05, 3.63) is 103 Å². The molecule has 1 amide bonds. The van der Waals surface area contributed by atoms with E-state index >= 15 is 0 Å². The Hall–Kier alpha value is -4.04. The molecule has 0 atom stereocenters. The first kappa shape index (κ1) is 19.9. The van der Waals surface area contributed by atoms with Gasteiger partial charge >= 0.3 is 0 Å². The number of thioether (sulfide) groups is 1. The summed E-state index contributed by atoms with van der Waals surface area (Å²) in [6, 6.07) is 26.8. The van der Waals surface area contributed by atoms with E-state index < -0.39 is 0 Å². The first-order valence-corrected chi connectivity index (χ1v) is 11.0. The highest BCUT2D eigenvalue weighted by molar-refractivity contribution is 7.98. The van der Waals surface area contributed by atoms with Crippen LogP contribution in [0.3, 0.4) is 0 Å². The summed E-state index contributed by atoms with van der Waals surface area (Å²) in [6.45, 7) is 0. The fraction of sp³-hybridized carbons (Fsp3) is 0.0417. The van der Waals surface area contributed by atoms with Crippen LogP contribution in [0.4, 0.5) is 5.69 Å². The Labute approximate surface area is 188 Å². The summed E-state index contributed by atoms with van der Waals surface area (Å²) in [7, 11) is 0. The Morgan fingerprint density at radius 2 is 1.78 bits per heavy atom. The number of carbonyl (C=O) groups excluding carboxylic acids is 1. The summed E-state index contributed by atoms with van der Waals surface area (Å²) in [5.41, 5.74) is 3.10. The van der Waals surface area contributed by atoms with E-state index in [-0.39, 0.29) is 5.91 Å². The molecule has 1 N–H and O–H groups in total. The van der Waals surface area contributed by atoms with E-state index in [0.717, 1.165) is 27.2 Å². The number of nitrogens with zero attached hydrogens (tertiary/aromatic N) is 5. The molecule has 2 heterocycles. The lowest BCUT2D eigenvalue weighted by molar-refractivity contribution is 0.102. The molecule has 0 saturated heterocycles. The van der Waals surface area contributed by atoms with Crippen molar-refractivity contribution in [2.45, 2.75) is 10.6 Å². The van der Waals surface area contributed by atoms with Gasteiger partial charge in [0.15, 0.2) is 5.82 Å². The minimum absolute atomic E-state index is 0.168. The molecule has 0 bridgehead atoms. The van der Waals surface area contributed by atoms with Crippen LogP contribution in [0.5, 0.6) is 0 Å². The molecule has 0 spiro atoms. The third-order valence-electron chi connectivity index (χ3n) is 4.88. The van der Waals surface area contributed by atoms with Gasteiger partial charge in [0.1, 0.15) is 0 Å². The second kappa shape index (κ2) is 8.99. The molecule has 0 radical (unpaired) electrons.